The molecule has 13 heavy (non-hydrogen) atoms. The fraction of sp³-hybridized carbons (Fsp3) is 1.00. The van der Waals surface area contributed by atoms with Crippen LogP contribution in [0.1, 0.15) is 6.42 Å². The zero-order valence-electron chi connectivity index (χ0n) is 7.79. The standard InChI is InChI=1S/C8H17N3O2/c1-2-9-3-5-11(4-1)8-10-6-12-7-13-8/h8-10H,1-7H2. The Labute approximate surface area is 78.4 Å². The number of rotatable bonds is 1. The van der Waals surface area contributed by atoms with Crippen LogP contribution in [-0.4, -0.2) is 51.0 Å². The molecule has 76 valence electrons. The smallest absolute Gasteiger partial charge is 0.170 e. The van der Waals surface area contributed by atoms with Gasteiger partial charge in [0.1, 0.15) is 6.73 Å². The van der Waals surface area contributed by atoms with E-state index in [0.29, 0.717) is 13.5 Å². The van der Waals surface area contributed by atoms with Crippen LogP contribution in [0, 0.1) is 0 Å². The van der Waals surface area contributed by atoms with Crippen LogP contribution < -0.4 is 10.6 Å². The normalized spacial score (nSPS) is 32.8. The minimum atomic E-state index is 0.0497. The summed E-state index contributed by atoms with van der Waals surface area (Å²) in [4.78, 5) is 2.31. The second-order valence-corrected chi connectivity index (χ2v) is 3.33. The first-order valence-electron chi connectivity index (χ1n) is 4.84. The molecule has 0 saturated carbocycles. The van der Waals surface area contributed by atoms with E-state index in [1.54, 1.807) is 0 Å². The molecule has 5 nitrogen and oxygen atoms in total. The Morgan fingerprint density at radius 3 is 3.08 bits per heavy atom. The molecule has 0 radical (unpaired) electrons. The van der Waals surface area contributed by atoms with E-state index in [1.807, 2.05) is 0 Å². The Morgan fingerprint density at radius 2 is 2.23 bits per heavy atom. The molecule has 2 fully saturated rings. The summed E-state index contributed by atoms with van der Waals surface area (Å²) in [6.45, 7) is 5.28. The molecular weight excluding hydrogens is 170 g/mol. The minimum absolute atomic E-state index is 0.0497. The molecule has 0 aliphatic carbocycles. The summed E-state index contributed by atoms with van der Waals surface area (Å²) < 4.78 is 10.5. The topological polar surface area (TPSA) is 45.8 Å². The second-order valence-electron chi connectivity index (χ2n) is 3.33. The molecule has 2 aliphatic rings. The predicted molar refractivity (Wildman–Crippen MR) is 47.9 cm³/mol. The summed E-state index contributed by atoms with van der Waals surface area (Å²) in [5, 5.41) is 6.53. The van der Waals surface area contributed by atoms with E-state index in [2.05, 4.69) is 15.5 Å². The molecule has 0 aromatic heterocycles. The van der Waals surface area contributed by atoms with Crippen molar-refractivity contribution in [1.29, 1.82) is 0 Å². The summed E-state index contributed by atoms with van der Waals surface area (Å²) in [7, 11) is 0. The first kappa shape index (κ1) is 9.36. The third-order valence-electron chi connectivity index (χ3n) is 2.38. The van der Waals surface area contributed by atoms with Gasteiger partial charge in [0.05, 0.1) is 0 Å². The van der Waals surface area contributed by atoms with E-state index in [-0.39, 0.29) is 6.35 Å². The molecule has 0 spiro atoms. The van der Waals surface area contributed by atoms with Gasteiger partial charge in [0.25, 0.3) is 0 Å². The zero-order valence-corrected chi connectivity index (χ0v) is 7.79. The van der Waals surface area contributed by atoms with Gasteiger partial charge in [-0.2, -0.15) is 0 Å². The van der Waals surface area contributed by atoms with Crippen LogP contribution in [-0.2, 0) is 9.47 Å². The average Bonchev–Trinajstić information content (AvgIpc) is 2.47. The van der Waals surface area contributed by atoms with Crippen molar-refractivity contribution in [2.45, 2.75) is 12.8 Å². The molecule has 1 atom stereocenters. The monoisotopic (exact) mass is 187 g/mol. The van der Waals surface area contributed by atoms with E-state index in [0.717, 1.165) is 26.2 Å². The average molecular weight is 187 g/mol. The van der Waals surface area contributed by atoms with Gasteiger partial charge >= 0.3 is 0 Å². The van der Waals surface area contributed by atoms with Crippen LogP contribution >= 0.6 is 0 Å². The van der Waals surface area contributed by atoms with E-state index in [9.17, 15) is 0 Å². The fourth-order valence-corrected chi connectivity index (χ4v) is 1.68. The van der Waals surface area contributed by atoms with Crippen molar-refractivity contribution < 1.29 is 9.47 Å². The van der Waals surface area contributed by atoms with Crippen LogP contribution in [0.4, 0.5) is 0 Å². The van der Waals surface area contributed by atoms with Crippen LogP contribution in [0.25, 0.3) is 0 Å². The lowest BCUT2D eigenvalue weighted by atomic mass is 10.4. The van der Waals surface area contributed by atoms with Crippen molar-refractivity contribution in [2.24, 2.45) is 0 Å². The number of nitrogens with one attached hydrogen (secondary N) is 2. The summed E-state index contributed by atoms with van der Waals surface area (Å²) in [6.07, 6.45) is 1.23. The maximum absolute atomic E-state index is 5.44. The molecule has 2 aliphatic heterocycles. The quantitative estimate of drug-likeness (QED) is 0.558. The highest BCUT2D eigenvalue weighted by Gasteiger charge is 2.21. The first-order chi connectivity index (χ1) is 6.47. The lowest BCUT2D eigenvalue weighted by Gasteiger charge is -2.33. The minimum Gasteiger partial charge on any atom is -0.340 e. The maximum atomic E-state index is 5.44. The predicted octanol–water partition coefficient (Wildman–Crippen LogP) is -0.883. The largest absolute Gasteiger partial charge is 0.340 e. The van der Waals surface area contributed by atoms with Crippen molar-refractivity contribution >= 4 is 0 Å². The molecule has 2 saturated heterocycles. The van der Waals surface area contributed by atoms with E-state index < -0.39 is 0 Å². The molecule has 1 unspecified atom stereocenters. The van der Waals surface area contributed by atoms with Crippen molar-refractivity contribution in [3.8, 4) is 0 Å². The van der Waals surface area contributed by atoms with Crippen molar-refractivity contribution in [3.63, 3.8) is 0 Å². The Kier molecular flexibility index (Phi) is 3.51. The van der Waals surface area contributed by atoms with Gasteiger partial charge in [-0.3, -0.25) is 10.2 Å². The van der Waals surface area contributed by atoms with Gasteiger partial charge in [0.15, 0.2) is 13.1 Å². The first-order valence-corrected chi connectivity index (χ1v) is 4.84. The van der Waals surface area contributed by atoms with E-state index in [1.165, 1.54) is 6.42 Å². The Hall–Kier alpha value is -0.200. The number of ether oxygens (including phenoxy) is 2. The van der Waals surface area contributed by atoms with E-state index >= 15 is 0 Å². The summed E-state index contributed by atoms with van der Waals surface area (Å²) >= 11 is 0. The lowest BCUT2D eigenvalue weighted by molar-refractivity contribution is -0.206. The zero-order chi connectivity index (χ0) is 8.93. The highest BCUT2D eigenvalue weighted by Crippen LogP contribution is 2.04. The second kappa shape index (κ2) is 4.88. The maximum Gasteiger partial charge on any atom is 0.170 e. The molecule has 2 N–H and O–H groups in total. The van der Waals surface area contributed by atoms with Gasteiger partial charge in [-0.15, -0.1) is 0 Å². The van der Waals surface area contributed by atoms with E-state index in [4.69, 9.17) is 9.47 Å². The van der Waals surface area contributed by atoms with Crippen LogP contribution in [0.3, 0.4) is 0 Å². The summed E-state index contributed by atoms with van der Waals surface area (Å²) in [5.74, 6) is 0. The number of hydrogen-bond donors (Lipinski definition) is 2. The fourth-order valence-electron chi connectivity index (χ4n) is 1.68. The highest BCUT2D eigenvalue weighted by molar-refractivity contribution is 4.68. The Bertz CT molecular complexity index is 142. The molecule has 5 heteroatoms. The summed E-state index contributed by atoms with van der Waals surface area (Å²) in [6, 6.07) is 0. The molecule has 0 aromatic carbocycles. The van der Waals surface area contributed by atoms with Gasteiger partial charge in [-0.25, -0.2) is 0 Å². The number of nitrogens with zero attached hydrogens (tertiary/aromatic N) is 1. The van der Waals surface area contributed by atoms with Crippen molar-refractivity contribution in [3.05, 3.63) is 0 Å². The van der Waals surface area contributed by atoms with Crippen LogP contribution in [0.2, 0.25) is 0 Å². The lowest BCUT2D eigenvalue weighted by Crippen LogP contribution is -2.52. The Balaban J connectivity index is 1.82. The van der Waals surface area contributed by atoms with Gasteiger partial charge < -0.3 is 14.8 Å². The Morgan fingerprint density at radius 1 is 1.23 bits per heavy atom. The van der Waals surface area contributed by atoms with Gasteiger partial charge in [0, 0.05) is 19.6 Å². The van der Waals surface area contributed by atoms with Crippen molar-refractivity contribution in [2.75, 3.05) is 39.7 Å². The van der Waals surface area contributed by atoms with Crippen LogP contribution in [0.5, 0.6) is 0 Å². The molecule has 0 bridgehead atoms. The summed E-state index contributed by atoms with van der Waals surface area (Å²) in [5.41, 5.74) is 0. The van der Waals surface area contributed by atoms with Crippen LogP contribution in [0.15, 0.2) is 0 Å². The third kappa shape index (κ3) is 2.62. The highest BCUT2D eigenvalue weighted by atomic mass is 16.7. The van der Waals surface area contributed by atoms with Gasteiger partial charge in [0.2, 0.25) is 0 Å². The third-order valence-corrected chi connectivity index (χ3v) is 2.38. The molecular formula is C8H17N3O2. The molecule has 2 heterocycles. The number of hydrogen-bond acceptors (Lipinski definition) is 5. The molecule has 0 amide bonds. The van der Waals surface area contributed by atoms with Gasteiger partial charge in [-0.1, -0.05) is 0 Å². The molecule has 2 rings (SSSR count). The van der Waals surface area contributed by atoms with Gasteiger partial charge in [-0.05, 0) is 13.0 Å². The SMILES string of the molecule is C1CNCCN(C2NCOCO2)C1. The molecule has 0 aromatic rings. The van der Waals surface area contributed by atoms with Crippen molar-refractivity contribution in [1.82, 2.24) is 15.5 Å².